The van der Waals surface area contributed by atoms with E-state index in [2.05, 4.69) is 11.2 Å². The first-order chi connectivity index (χ1) is 5.16. The number of amides is 1. The molecule has 0 unspecified atom stereocenters. The quantitative estimate of drug-likeness (QED) is 0.445. The van der Waals surface area contributed by atoms with Crippen LogP contribution in [0.1, 0.15) is 6.42 Å². The van der Waals surface area contributed by atoms with Gasteiger partial charge in [-0.25, -0.2) is 0 Å². The van der Waals surface area contributed by atoms with Gasteiger partial charge in [-0.15, -0.1) is 12.3 Å². The van der Waals surface area contributed by atoms with Gasteiger partial charge in [-0.1, -0.05) is 0 Å². The van der Waals surface area contributed by atoms with E-state index in [1.165, 1.54) is 0 Å². The summed E-state index contributed by atoms with van der Waals surface area (Å²) >= 11 is 0. The van der Waals surface area contributed by atoms with Crippen molar-refractivity contribution in [2.75, 3.05) is 27.2 Å². The Bertz CT molecular complexity index is 158. The Morgan fingerprint density at radius 2 is 2.27 bits per heavy atom. The van der Waals surface area contributed by atoms with Crippen molar-refractivity contribution >= 4 is 5.91 Å². The first kappa shape index (κ1) is 9.99. The molecule has 0 saturated heterocycles. The topological polar surface area (TPSA) is 32.3 Å². The fourth-order valence-electron chi connectivity index (χ4n) is 0.617. The van der Waals surface area contributed by atoms with Crippen LogP contribution in [0.2, 0.25) is 0 Å². The fourth-order valence-corrected chi connectivity index (χ4v) is 0.617. The van der Waals surface area contributed by atoms with E-state index < -0.39 is 0 Å². The molecule has 0 heterocycles. The molecule has 1 N–H and O–H groups in total. The van der Waals surface area contributed by atoms with Gasteiger partial charge in [0, 0.05) is 13.0 Å². The van der Waals surface area contributed by atoms with E-state index >= 15 is 0 Å². The maximum Gasteiger partial charge on any atom is 0.234 e. The summed E-state index contributed by atoms with van der Waals surface area (Å²) in [6.45, 7) is 0.994. The summed E-state index contributed by atoms with van der Waals surface area (Å²) in [6.07, 6.45) is 5.60. The molecule has 0 spiro atoms. The van der Waals surface area contributed by atoms with Gasteiger partial charge in [0.25, 0.3) is 0 Å². The molecule has 1 amide bonds. The third-order valence-corrected chi connectivity index (χ3v) is 1.05. The van der Waals surface area contributed by atoms with Crippen molar-refractivity contribution in [1.82, 2.24) is 10.2 Å². The molecule has 0 aromatic carbocycles. The molecule has 0 bridgehead atoms. The summed E-state index contributed by atoms with van der Waals surface area (Å²) in [5.74, 6) is 2.47. The van der Waals surface area contributed by atoms with Crippen molar-refractivity contribution in [3.63, 3.8) is 0 Å². The van der Waals surface area contributed by atoms with E-state index in [4.69, 9.17) is 6.42 Å². The molecule has 0 aliphatic heterocycles. The number of hydrogen-bond donors (Lipinski definition) is 1. The zero-order valence-corrected chi connectivity index (χ0v) is 7.05. The average molecular weight is 154 g/mol. The van der Waals surface area contributed by atoms with Gasteiger partial charge in [-0.05, 0) is 14.1 Å². The zero-order chi connectivity index (χ0) is 8.69. The third-order valence-electron chi connectivity index (χ3n) is 1.05. The Balaban J connectivity index is 3.32. The number of terminal acetylenes is 1. The van der Waals surface area contributed by atoms with Gasteiger partial charge >= 0.3 is 0 Å². The lowest BCUT2D eigenvalue weighted by atomic mass is 10.4. The van der Waals surface area contributed by atoms with Gasteiger partial charge in [-0.3, -0.25) is 4.79 Å². The molecule has 0 aliphatic rings. The number of nitrogens with one attached hydrogen (secondary N) is 1. The highest BCUT2D eigenvalue weighted by Crippen LogP contribution is 1.75. The normalized spacial score (nSPS) is 9.27. The van der Waals surface area contributed by atoms with Crippen LogP contribution in [0, 0.1) is 12.3 Å². The first-order valence-corrected chi connectivity index (χ1v) is 3.51. The fraction of sp³-hybridized carbons (Fsp3) is 0.625. The molecule has 0 rings (SSSR count). The summed E-state index contributed by atoms with van der Waals surface area (Å²) in [7, 11) is 3.70. The van der Waals surface area contributed by atoms with Gasteiger partial charge in [0.2, 0.25) is 5.91 Å². The summed E-state index contributed by atoms with van der Waals surface area (Å²) in [4.78, 5) is 12.7. The van der Waals surface area contributed by atoms with Crippen LogP contribution in [0.25, 0.3) is 0 Å². The molecule has 0 fully saturated rings. The van der Waals surface area contributed by atoms with Crippen molar-refractivity contribution < 1.29 is 4.79 Å². The van der Waals surface area contributed by atoms with E-state index in [-0.39, 0.29) is 5.91 Å². The van der Waals surface area contributed by atoms with Gasteiger partial charge in [0.1, 0.15) is 0 Å². The second-order valence-electron chi connectivity index (χ2n) is 2.54. The average Bonchev–Trinajstić information content (AvgIpc) is 1.86. The maximum absolute atomic E-state index is 10.9. The third kappa shape index (κ3) is 6.88. The second kappa shape index (κ2) is 5.75. The zero-order valence-electron chi connectivity index (χ0n) is 7.05. The van der Waals surface area contributed by atoms with Crippen LogP contribution in [0.4, 0.5) is 0 Å². The van der Waals surface area contributed by atoms with Crippen LogP contribution in [0.3, 0.4) is 0 Å². The standard InChI is InChI=1S/C8H14N2O/c1-4-5-6-9-8(11)7-10(2)3/h1H,5-7H2,2-3H3,(H,9,11). The van der Waals surface area contributed by atoms with Crippen LogP contribution in [0.5, 0.6) is 0 Å². The Hall–Kier alpha value is -1.01. The lowest BCUT2D eigenvalue weighted by Crippen LogP contribution is -2.33. The molecule has 0 aromatic rings. The van der Waals surface area contributed by atoms with E-state index in [0.29, 0.717) is 19.5 Å². The molecule has 0 atom stereocenters. The van der Waals surface area contributed by atoms with E-state index in [1.54, 1.807) is 0 Å². The molecular formula is C8H14N2O. The minimum Gasteiger partial charge on any atom is -0.354 e. The largest absolute Gasteiger partial charge is 0.354 e. The summed E-state index contributed by atoms with van der Waals surface area (Å²) in [5.41, 5.74) is 0. The Morgan fingerprint density at radius 1 is 1.64 bits per heavy atom. The molecule has 11 heavy (non-hydrogen) atoms. The highest BCUT2D eigenvalue weighted by Gasteiger charge is 1.99. The molecule has 0 saturated carbocycles. The van der Waals surface area contributed by atoms with E-state index in [0.717, 1.165) is 0 Å². The minimum atomic E-state index is 0.0188. The summed E-state index contributed by atoms with van der Waals surface area (Å²) < 4.78 is 0. The van der Waals surface area contributed by atoms with Gasteiger partial charge in [0.05, 0.1) is 6.54 Å². The van der Waals surface area contributed by atoms with Crippen molar-refractivity contribution in [2.45, 2.75) is 6.42 Å². The van der Waals surface area contributed by atoms with Crippen LogP contribution < -0.4 is 5.32 Å². The molecule has 3 nitrogen and oxygen atoms in total. The molecule has 0 aliphatic carbocycles. The van der Waals surface area contributed by atoms with Crippen LogP contribution in [0.15, 0.2) is 0 Å². The Morgan fingerprint density at radius 3 is 2.73 bits per heavy atom. The number of hydrogen-bond acceptors (Lipinski definition) is 2. The lowest BCUT2D eigenvalue weighted by Gasteiger charge is -2.08. The molecule has 62 valence electrons. The van der Waals surface area contributed by atoms with Crippen molar-refractivity contribution in [3.8, 4) is 12.3 Å². The Labute approximate surface area is 67.8 Å². The molecule has 0 radical (unpaired) electrons. The van der Waals surface area contributed by atoms with Crippen LogP contribution >= 0.6 is 0 Å². The number of carbonyl (C=O) groups is 1. The number of likely N-dealkylation sites (N-methyl/N-ethyl adjacent to an activating group) is 1. The van der Waals surface area contributed by atoms with Crippen LogP contribution in [-0.2, 0) is 4.79 Å². The SMILES string of the molecule is C#CCCNC(=O)CN(C)C. The first-order valence-electron chi connectivity index (χ1n) is 3.51. The minimum absolute atomic E-state index is 0.0188. The molecule has 3 heteroatoms. The van der Waals surface area contributed by atoms with Crippen molar-refractivity contribution in [1.29, 1.82) is 0 Å². The monoisotopic (exact) mass is 154 g/mol. The lowest BCUT2D eigenvalue weighted by molar-refractivity contribution is -0.121. The van der Waals surface area contributed by atoms with Crippen molar-refractivity contribution in [2.24, 2.45) is 0 Å². The van der Waals surface area contributed by atoms with E-state index in [9.17, 15) is 4.79 Å². The molecule has 0 aromatic heterocycles. The predicted octanol–water partition coefficient (Wildman–Crippen LogP) is -0.312. The summed E-state index contributed by atoms with van der Waals surface area (Å²) in [6, 6.07) is 0. The second-order valence-corrected chi connectivity index (χ2v) is 2.54. The smallest absolute Gasteiger partial charge is 0.234 e. The maximum atomic E-state index is 10.9. The van der Waals surface area contributed by atoms with Crippen LogP contribution in [-0.4, -0.2) is 38.0 Å². The Kier molecular flexibility index (Phi) is 5.22. The van der Waals surface area contributed by atoms with Gasteiger partial charge < -0.3 is 10.2 Å². The highest BCUT2D eigenvalue weighted by molar-refractivity contribution is 5.77. The van der Waals surface area contributed by atoms with E-state index in [1.807, 2.05) is 19.0 Å². The highest BCUT2D eigenvalue weighted by atomic mass is 16.1. The van der Waals surface area contributed by atoms with Crippen molar-refractivity contribution in [3.05, 3.63) is 0 Å². The predicted molar refractivity (Wildman–Crippen MR) is 45.0 cm³/mol. The number of nitrogens with zero attached hydrogens (tertiary/aromatic N) is 1. The number of rotatable bonds is 4. The number of carbonyl (C=O) groups excluding carboxylic acids is 1. The van der Waals surface area contributed by atoms with Gasteiger partial charge in [-0.2, -0.15) is 0 Å². The molecular weight excluding hydrogens is 140 g/mol. The van der Waals surface area contributed by atoms with Gasteiger partial charge in [0.15, 0.2) is 0 Å². The summed E-state index contributed by atoms with van der Waals surface area (Å²) in [5, 5.41) is 2.69.